The van der Waals surface area contributed by atoms with E-state index in [1.807, 2.05) is 35.2 Å². The molecule has 0 aliphatic heterocycles. The highest BCUT2D eigenvalue weighted by Gasteiger charge is 2.13. The van der Waals surface area contributed by atoms with Crippen LogP contribution in [0.2, 0.25) is 0 Å². The van der Waals surface area contributed by atoms with Crippen LogP contribution in [0.1, 0.15) is 22.8 Å². The zero-order valence-corrected chi connectivity index (χ0v) is 12.4. The molecule has 0 radical (unpaired) electrons. The predicted octanol–water partition coefficient (Wildman–Crippen LogP) is 2.09. The molecular weight excluding hydrogens is 276 g/mol. The van der Waals surface area contributed by atoms with E-state index in [9.17, 15) is 10.2 Å². The molecule has 0 aliphatic carbocycles. The number of aliphatic hydroxyl groups is 2. The molecule has 0 aliphatic rings. The van der Waals surface area contributed by atoms with Crippen LogP contribution in [-0.2, 0) is 6.54 Å². The Balaban J connectivity index is 2.01. The van der Waals surface area contributed by atoms with E-state index >= 15 is 0 Å². The molecule has 4 heteroatoms. The molecule has 1 atom stereocenters. The number of aliphatic hydroxyl groups excluding tert-OH is 2. The maximum Gasteiger partial charge on any atom is 0.0991 e. The van der Waals surface area contributed by atoms with Crippen LogP contribution in [0.15, 0.2) is 54.6 Å². The standard InChI is InChI=1S/C18H20N2O2/c19-12-15-6-8-17(9-7-15)18(22)14-20(10-11-21)13-16-4-2-1-3-5-16/h1-9,18,21-22H,10-11,13-14H2. The average Bonchev–Trinajstić information content (AvgIpc) is 2.56. The highest BCUT2D eigenvalue weighted by atomic mass is 16.3. The molecule has 0 saturated carbocycles. The van der Waals surface area contributed by atoms with Crippen LogP contribution in [0.25, 0.3) is 0 Å². The molecule has 4 nitrogen and oxygen atoms in total. The lowest BCUT2D eigenvalue weighted by molar-refractivity contribution is 0.0957. The summed E-state index contributed by atoms with van der Waals surface area (Å²) in [7, 11) is 0. The van der Waals surface area contributed by atoms with Gasteiger partial charge < -0.3 is 10.2 Å². The van der Waals surface area contributed by atoms with Gasteiger partial charge in [0.15, 0.2) is 0 Å². The molecule has 0 aromatic heterocycles. The third-order valence-corrected chi connectivity index (χ3v) is 3.52. The van der Waals surface area contributed by atoms with Crippen LogP contribution in [0, 0.1) is 11.3 Å². The molecule has 22 heavy (non-hydrogen) atoms. The van der Waals surface area contributed by atoms with Crippen molar-refractivity contribution in [2.24, 2.45) is 0 Å². The molecule has 1 unspecified atom stereocenters. The van der Waals surface area contributed by atoms with E-state index in [0.717, 1.165) is 11.1 Å². The summed E-state index contributed by atoms with van der Waals surface area (Å²) in [4.78, 5) is 2.01. The summed E-state index contributed by atoms with van der Waals surface area (Å²) in [5.74, 6) is 0. The van der Waals surface area contributed by atoms with Crippen molar-refractivity contribution in [3.05, 3.63) is 71.3 Å². The number of nitriles is 1. The van der Waals surface area contributed by atoms with Crippen molar-refractivity contribution < 1.29 is 10.2 Å². The smallest absolute Gasteiger partial charge is 0.0991 e. The van der Waals surface area contributed by atoms with E-state index in [4.69, 9.17) is 5.26 Å². The van der Waals surface area contributed by atoms with Crippen molar-refractivity contribution in [2.75, 3.05) is 19.7 Å². The first-order valence-electron chi connectivity index (χ1n) is 7.28. The van der Waals surface area contributed by atoms with Crippen LogP contribution in [0.4, 0.5) is 0 Å². The quantitative estimate of drug-likeness (QED) is 0.821. The molecule has 0 fully saturated rings. The minimum absolute atomic E-state index is 0.0485. The van der Waals surface area contributed by atoms with Gasteiger partial charge in [0, 0.05) is 19.6 Å². The van der Waals surface area contributed by atoms with Gasteiger partial charge in [-0.2, -0.15) is 5.26 Å². The summed E-state index contributed by atoms with van der Waals surface area (Å²) in [5.41, 5.74) is 2.49. The second kappa shape index (κ2) is 8.30. The number of rotatable bonds is 7. The third kappa shape index (κ3) is 4.68. The number of benzene rings is 2. The first kappa shape index (κ1) is 16.2. The summed E-state index contributed by atoms with van der Waals surface area (Å²) in [5, 5.41) is 28.4. The Labute approximate surface area is 130 Å². The highest BCUT2D eigenvalue weighted by molar-refractivity contribution is 5.32. The predicted molar refractivity (Wildman–Crippen MR) is 84.9 cm³/mol. The first-order valence-corrected chi connectivity index (χ1v) is 7.28. The second-order valence-corrected chi connectivity index (χ2v) is 5.19. The van der Waals surface area contributed by atoms with Crippen molar-refractivity contribution in [1.82, 2.24) is 4.90 Å². The van der Waals surface area contributed by atoms with Crippen molar-refractivity contribution in [3.8, 4) is 6.07 Å². The molecule has 2 aromatic carbocycles. The molecule has 0 amide bonds. The lowest BCUT2D eigenvalue weighted by Gasteiger charge is -2.24. The Hall–Kier alpha value is -2.19. The zero-order valence-electron chi connectivity index (χ0n) is 12.4. The Bertz CT molecular complexity index is 605. The van der Waals surface area contributed by atoms with Gasteiger partial charge in [-0.05, 0) is 23.3 Å². The average molecular weight is 296 g/mol. The topological polar surface area (TPSA) is 67.5 Å². The fraction of sp³-hybridized carbons (Fsp3) is 0.278. The van der Waals surface area contributed by atoms with Crippen LogP contribution >= 0.6 is 0 Å². The van der Waals surface area contributed by atoms with E-state index < -0.39 is 6.10 Å². The summed E-state index contributed by atoms with van der Waals surface area (Å²) < 4.78 is 0. The van der Waals surface area contributed by atoms with Gasteiger partial charge in [0.05, 0.1) is 24.3 Å². The highest BCUT2D eigenvalue weighted by Crippen LogP contribution is 2.16. The van der Waals surface area contributed by atoms with E-state index in [1.54, 1.807) is 24.3 Å². The molecule has 0 spiro atoms. The van der Waals surface area contributed by atoms with Gasteiger partial charge in [0.1, 0.15) is 0 Å². The Kier molecular flexibility index (Phi) is 6.11. The van der Waals surface area contributed by atoms with Gasteiger partial charge in [0.2, 0.25) is 0 Å². The van der Waals surface area contributed by atoms with Crippen LogP contribution < -0.4 is 0 Å². The Morgan fingerprint density at radius 1 is 1.05 bits per heavy atom. The van der Waals surface area contributed by atoms with E-state index in [2.05, 4.69) is 6.07 Å². The molecule has 0 saturated heterocycles. The van der Waals surface area contributed by atoms with Gasteiger partial charge >= 0.3 is 0 Å². The SMILES string of the molecule is N#Cc1ccc(C(O)CN(CCO)Cc2ccccc2)cc1. The maximum atomic E-state index is 10.4. The molecule has 2 rings (SSSR count). The second-order valence-electron chi connectivity index (χ2n) is 5.19. The molecule has 2 aromatic rings. The summed E-state index contributed by atoms with van der Waals surface area (Å²) in [6.45, 7) is 1.66. The molecule has 2 N–H and O–H groups in total. The summed E-state index contributed by atoms with van der Waals surface area (Å²) in [6, 6.07) is 19.0. The van der Waals surface area contributed by atoms with Crippen molar-refractivity contribution in [3.63, 3.8) is 0 Å². The lowest BCUT2D eigenvalue weighted by Crippen LogP contribution is -2.31. The summed E-state index contributed by atoms with van der Waals surface area (Å²) in [6.07, 6.45) is -0.650. The third-order valence-electron chi connectivity index (χ3n) is 3.52. The molecule has 0 bridgehead atoms. The van der Waals surface area contributed by atoms with Gasteiger partial charge in [-0.15, -0.1) is 0 Å². The van der Waals surface area contributed by atoms with E-state index in [1.165, 1.54) is 0 Å². The Morgan fingerprint density at radius 2 is 1.73 bits per heavy atom. The fourth-order valence-electron chi connectivity index (χ4n) is 2.35. The van der Waals surface area contributed by atoms with Gasteiger partial charge in [-0.1, -0.05) is 42.5 Å². The first-order chi connectivity index (χ1) is 10.7. The molecular formula is C18H20N2O2. The van der Waals surface area contributed by atoms with Crippen LogP contribution in [0.3, 0.4) is 0 Å². The largest absolute Gasteiger partial charge is 0.395 e. The van der Waals surface area contributed by atoms with Gasteiger partial charge in [-0.25, -0.2) is 0 Å². The zero-order chi connectivity index (χ0) is 15.8. The summed E-state index contributed by atoms with van der Waals surface area (Å²) >= 11 is 0. The van der Waals surface area contributed by atoms with E-state index in [-0.39, 0.29) is 6.61 Å². The molecule has 0 heterocycles. The normalized spacial score (nSPS) is 12.1. The van der Waals surface area contributed by atoms with Crippen molar-refractivity contribution >= 4 is 0 Å². The number of hydrogen-bond donors (Lipinski definition) is 2. The minimum Gasteiger partial charge on any atom is -0.395 e. The maximum absolute atomic E-state index is 10.4. The monoisotopic (exact) mass is 296 g/mol. The minimum atomic E-state index is -0.650. The lowest BCUT2D eigenvalue weighted by atomic mass is 10.1. The number of nitrogens with zero attached hydrogens (tertiary/aromatic N) is 2. The number of hydrogen-bond acceptors (Lipinski definition) is 4. The molecule has 114 valence electrons. The Morgan fingerprint density at radius 3 is 2.32 bits per heavy atom. The van der Waals surface area contributed by atoms with Crippen molar-refractivity contribution in [2.45, 2.75) is 12.6 Å². The van der Waals surface area contributed by atoms with E-state index in [0.29, 0.717) is 25.2 Å². The van der Waals surface area contributed by atoms with Crippen LogP contribution in [-0.4, -0.2) is 34.8 Å². The van der Waals surface area contributed by atoms with Gasteiger partial charge in [0.25, 0.3) is 0 Å². The van der Waals surface area contributed by atoms with Crippen LogP contribution in [0.5, 0.6) is 0 Å². The van der Waals surface area contributed by atoms with Gasteiger partial charge in [-0.3, -0.25) is 4.90 Å². The fourth-order valence-corrected chi connectivity index (χ4v) is 2.35. The van der Waals surface area contributed by atoms with Crippen molar-refractivity contribution in [1.29, 1.82) is 5.26 Å².